The normalized spacial score (nSPS) is 18.8. The summed E-state index contributed by atoms with van der Waals surface area (Å²) in [6, 6.07) is 1.57. The monoisotopic (exact) mass is 285 g/mol. The van der Waals surface area contributed by atoms with Crippen LogP contribution in [0.2, 0.25) is 0 Å². The van der Waals surface area contributed by atoms with Crippen LogP contribution >= 0.6 is 0 Å². The molecule has 0 fully saturated rings. The third-order valence-corrected chi connectivity index (χ3v) is 3.49. The molecule has 0 spiro atoms. The first-order chi connectivity index (χ1) is 10.1. The SMILES string of the molecule is CN1C(=O)C[C@@H](c2cc(-c3cncnc3)nn2C)N=C1N. The Morgan fingerprint density at radius 1 is 1.29 bits per heavy atom. The van der Waals surface area contributed by atoms with Crippen molar-refractivity contribution in [2.75, 3.05) is 7.05 Å². The molecule has 1 aliphatic heterocycles. The van der Waals surface area contributed by atoms with E-state index in [0.717, 1.165) is 17.0 Å². The van der Waals surface area contributed by atoms with E-state index in [-0.39, 0.29) is 24.3 Å². The predicted octanol–water partition coefficient (Wildman–Crippen LogP) is 0.0950. The molecule has 8 heteroatoms. The highest BCUT2D eigenvalue weighted by molar-refractivity contribution is 5.98. The molecule has 0 aliphatic carbocycles. The molecule has 1 amide bonds. The number of nitrogens with zero attached hydrogens (tertiary/aromatic N) is 6. The van der Waals surface area contributed by atoms with Crippen molar-refractivity contribution < 1.29 is 4.79 Å². The first-order valence-corrected chi connectivity index (χ1v) is 6.45. The average molecular weight is 285 g/mol. The number of nitrogens with two attached hydrogens (primary N) is 1. The summed E-state index contributed by atoms with van der Waals surface area (Å²) >= 11 is 0. The number of aromatic nitrogens is 4. The largest absolute Gasteiger partial charge is 0.369 e. The van der Waals surface area contributed by atoms with Crippen molar-refractivity contribution in [1.82, 2.24) is 24.6 Å². The van der Waals surface area contributed by atoms with Crippen LogP contribution in [0.15, 0.2) is 29.8 Å². The molecule has 108 valence electrons. The van der Waals surface area contributed by atoms with Crippen LogP contribution in [0.1, 0.15) is 18.2 Å². The van der Waals surface area contributed by atoms with Gasteiger partial charge in [0.1, 0.15) is 12.4 Å². The molecule has 3 heterocycles. The van der Waals surface area contributed by atoms with Gasteiger partial charge in [-0.05, 0) is 6.07 Å². The smallest absolute Gasteiger partial charge is 0.231 e. The molecular formula is C13H15N7O. The lowest BCUT2D eigenvalue weighted by molar-refractivity contribution is -0.127. The minimum absolute atomic E-state index is 0.0571. The van der Waals surface area contributed by atoms with Crippen molar-refractivity contribution in [3.8, 4) is 11.3 Å². The molecule has 0 saturated heterocycles. The van der Waals surface area contributed by atoms with E-state index >= 15 is 0 Å². The number of aryl methyl sites for hydroxylation is 1. The number of carbonyl (C=O) groups is 1. The van der Waals surface area contributed by atoms with Crippen molar-refractivity contribution in [3.05, 3.63) is 30.5 Å². The summed E-state index contributed by atoms with van der Waals surface area (Å²) in [7, 11) is 3.44. The van der Waals surface area contributed by atoms with Gasteiger partial charge in [0.15, 0.2) is 5.96 Å². The van der Waals surface area contributed by atoms with Crippen LogP contribution in [0, 0.1) is 0 Å². The third-order valence-electron chi connectivity index (χ3n) is 3.49. The first kappa shape index (κ1) is 13.2. The Hall–Kier alpha value is -2.77. The van der Waals surface area contributed by atoms with Gasteiger partial charge in [0, 0.05) is 32.1 Å². The molecule has 0 bridgehead atoms. The second kappa shape index (κ2) is 4.97. The lowest BCUT2D eigenvalue weighted by Crippen LogP contribution is -2.43. The van der Waals surface area contributed by atoms with Crippen LogP contribution < -0.4 is 5.73 Å². The lowest BCUT2D eigenvalue weighted by atomic mass is 10.1. The Morgan fingerprint density at radius 3 is 2.67 bits per heavy atom. The van der Waals surface area contributed by atoms with Gasteiger partial charge in [0.05, 0.1) is 17.8 Å². The number of rotatable bonds is 2. The molecule has 0 radical (unpaired) electrons. The Bertz CT molecular complexity index is 707. The molecule has 2 aromatic rings. The lowest BCUT2D eigenvalue weighted by Gasteiger charge is -2.25. The van der Waals surface area contributed by atoms with E-state index in [1.165, 1.54) is 11.2 Å². The Labute approximate surface area is 121 Å². The molecule has 8 nitrogen and oxygen atoms in total. The molecular weight excluding hydrogens is 270 g/mol. The Balaban J connectivity index is 1.97. The maximum atomic E-state index is 11.9. The zero-order valence-electron chi connectivity index (χ0n) is 11.8. The fraction of sp³-hybridized carbons (Fsp3) is 0.308. The van der Waals surface area contributed by atoms with Gasteiger partial charge in [-0.3, -0.25) is 14.4 Å². The number of amides is 1. The van der Waals surface area contributed by atoms with Gasteiger partial charge in [-0.2, -0.15) is 5.10 Å². The summed E-state index contributed by atoms with van der Waals surface area (Å²) in [5.74, 6) is 0.167. The van der Waals surface area contributed by atoms with Crippen LogP contribution in [0.3, 0.4) is 0 Å². The first-order valence-electron chi connectivity index (χ1n) is 6.45. The minimum Gasteiger partial charge on any atom is -0.369 e. The van der Waals surface area contributed by atoms with E-state index in [1.54, 1.807) is 24.1 Å². The van der Waals surface area contributed by atoms with E-state index in [4.69, 9.17) is 5.73 Å². The summed E-state index contributed by atoms with van der Waals surface area (Å²) in [6.07, 6.45) is 5.13. The van der Waals surface area contributed by atoms with Gasteiger partial charge >= 0.3 is 0 Å². The summed E-state index contributed by atoms with van der Waals surface area (Å²) in [4.78, 5) is 25.6. The fourth-order valence-corrected chi connectivity index (χ4v) is 2.26. The van der Waals surface area contributed by atoms with Gasteiger partial charge in [0.2, 0.25) is 5.91 Å². The highest BCUT2D eigenvalue weighted by Crippen LogP contribution is 2.28. The molecule has 3 rings (SSSR count). The molecule has 0 saturated carbocycles. The second-order valence-electron chi connectivity index (χ2n) is 4.87. The zero-order chi connectivity index (χ0) is 15.0. The minimum atomic E-state index is -0.315. The number of carbonyl (C=O) groups excluding carboxylic acids is 1. The van der Waals surface area contributed by atoms with Crippen LogP contribution in [0.5, 0.6) is 0 Å². The maximum absolute atomic E-state index is 11.9. The van der Waals surface area contributed by atoms with Gasteiger partial charge in [-0.15, -0.1) is 0 Å². The van der Waals surface area contributed by atoms with Gasteiger partial charge < -0.3 is 5.73 Å². The predicted molar refractivity (Wildman–Crippen MR) is 76.0 cm³/mol. The molecule has 2 N–H and O–H groups in total. The second-order valence-corrected chi connectivity index (χ2v) is 4.87. The Morgan fingerprint density at radius 2 is 2.00 bits per heavy atom. The van der Waals surface area contributed by atoms with E-state index in [9.17, 15) is 4.79 Å². The van der Waals surface area contributed by atoms with Gasteiger partial charge in [-0.1, -0.05) is 0 Å². The van der Waals surface area contributed by atoms with Crippen LogP contribution in [-0.4, -0.2) is 43.6 Å². The molecule has 2 aromatic heterocycles. The van der Waals surface area contributed by atoms with Crippen molar-refractivity contribution in [1.29, 1.82) is 0 Å². The standard InChI is InChI=1S/C13H15N7O/c1-19-12(21)4-10(17-13(19)14)11-3-9(18-20(11)2)8-5-15-7-16-6-8/h3,5-7,10H,4H2,1-2H3,(H2,14,17)/t10-/m0/s1. The molecule has 21 heavy (non-hydrogen) atoms. The highest BCUT2D eigenvalue weighted by Gasteiger charge is 2.28. The zero-order valence-corrected chi connectivity index (χ0v) is 11.8. The van der Waals surface area contributed by atoms with Crippen LogP contribution in [0.25, 0.3) is 11.3 Å². The molecule has 0 unspecified atom stereocenters. The summed E-state index contributed by atoms with van der Waals surface area (Å²) < 4.78 is 1.71. The average Bonchev–Trinajstić information content (AvgIpc) is 2.87. The number of guanidine groups is 1. The molecule has 0 aromatic carbocycles. The molecule has 1 atom stereocenters. The summed E-state index contributed by atoms with van der Waals surface area (Å²) in [5, 5.41) is 4.43. The van der Waals surface area contributed by atoms with E-state index in [0.29, 0.717) is 0 Å². The molecule has 1 aliphatic rings. The summed E-state index contributed by atoms with van der Waals surface area (Å²) in [6.45, 7) is 0. The van der Waals surface area contributed by atoms with E-state index in [2.05, 4.69) is 20.1 Å². The van der Waals surface area contributed by atoms with Gasteiger partial charge in [-0.25, -0.2) is 15.0 Å². The Kier molecular flexibility index (Phi) is 3.13. The van der Waals surface area contributed by atoms with Crippen LogP contribution in [-0.2, 0) is 11.8 Å². The van der Waals surface area contributed by atoms with E-state index in [1.807, 2.05) is 13.1 Å². The van der Waals surface area contributed by atoms with Crippen molar-refractivity contribution in [3.63, 3.8) is 0 Å². The number of hydrogen-bond acceptors (Lipinski definition) is 6. The third kappa shape index (κ3) is 2.35. The number of aliphatic imine (C=N–C) groups is 1. The van der Waals surface area contributed by atoms with E-state index < -0.39 is 0 Å². The highest BCUT2D eigenvalue weighted by atomic mass is 16.2. The summed E-state index contributed by atoms with van der Waals surface area (Å²) in [5.41, 5.74) is 8.16. The topological polar surface area (TPSA) is 102 Å². The van der Waals surface area contributed by atoms with Gasteiger partial charge in [0.25, 0.3) is 0 Å². The van der Waals surface area contributed by atoms with Crippen molar-refractivity contribution >= 4 is 11.9 Å². The van der Waals surface area contributed by atoms with Crippen molar-refractivity contribution in [2.45, 2.75) is 12.5 Å². The van der Waals surface area contributed by atoms with Crippen molar-refractivity contribution in [2.24, 2.45) is 17.8 Å². The quantitative estimate of drug-likeness (QED) is 0.842. The fourth-order valence-electron chi connectivity index (χ4n) is 2.26. The number of hydrogen-bond donors (Lipinski definition) is 1. The maximum Gasteiger partial charge on any atom is 0.231 e. The van der Waals surface area contributed by atoms with Crippen LogP contribution in [0.4, 0.5) is 0 Å².